The lowest BCUT2D eigenvalue weighted by Crippen LogP contribution is -2.57. The van der Waals surface area contributed by atoms with Gasteiger partial charge in [-0.3, -0.25) is 9.59 Å². The van der Waals surface area contributed by atoms with Gasteiger partial charge in [0.2, 0.25) is 11.8 Å². The van der Waals surface area contributed by atoms with Crippen LogP contribution in [0.15, 0.2) is 103 Å². The van der Waals surface area contributed by atoms with Gasteiger partial charge in [-0.05, 0) is 46.4 Å². The summed E-state index contributed by atoms with van der Waals surface area (Å²) in [5.74, 6) is -1.65. The van der Waals surface area contributed by atoms with E-state index >= 15 is 4.79 Å². The van der Waals surface area contributed by atoms with Crippen molar-refractivity contribution in [2.45, 2.75) is 53.8 Å². The number of benzene rings is 4. The van der Waals surface area contributed by atoms with Gasteiger partial charge in [0, 0.05) is 64.2 Å². The molecule has 280 valence electrons. The van der Waals surface area contributed by atoms with Gasteiger partial charge in [0.1, 0.15) is 12.2 Å². The summed E-state index contributed by atoms with van der Waals surface area (Å²) in [5.41, 5.74) is 2.94. The van der Waals surface area contributed by atoms with Crippen LogP contribution in [0.4, 0.5) is 13.2 Å². The van der Waals surface area contributed by atoms with E-state index in [1.54, 1.807) is 30.1 Å². The number of piperidine rings is 1. The van der Waals surface area contributed by atoms with Crippen molar-refractivity contribution in [3.05, 3.63) is 141 Å². The summed E-state index contributed by atoms with van der Waals surface area (Å²) in [6.07, 6.45) is -4.74. The molecule has 1 spiro atoms. The number of carbonyl (C=O) groups excluding carboxylic acids is 2. The Bertz CT molecular complexity index is 1870. The molecule has 12 heteroatoms. The molecule has 2 aliphatic heterocycles. The molecule has 0 N–H and O–H groups in total. The summed E-state index contributed by atoms with van der Waals surface area (Å²) in [4.78, 5) is 33.2. The number of carbonyl (C=O) groups is 2. The maximum atomic E-state index is 15.1. The highest BCUT2D eigenvalue weighted by molar-refractivity contribution is 7.92. The number of likely N-dealkylation sites (N-methyl/N-ethyl adjacent to an activating group) is 2. The van der Waals surface area contributed by atoms with Gasteiger partial charge in [-0.15, -0.1) is 0 Å². The van der Waals surface area contributed by atoms with Gasteiger partial charge in [-0.2, -0.15) is 13.2 Å². The van der Waals surface area contributed by atoms with E-state index in [1.807, 2.05) is 78.9 Å². The molecule has 0 aliphatic carbocycles. The lowest BCUT2D eigenvalue weighted by atomic mass is 9.81. The lowest BCUT2D eigenvalue weighted by molar-refractivity contribution is -0.163. The first-order valence-electron chi connectivity index (χ1n) is 17.6. The van der Waals surface area contributed by atoms with Crippen molar-refractivity contribution < 1.29 is 27.3 Å². The SMILES string of the molecule is CN(C[C@](CCN1CCC2(CC1)c1ccccc1C[S+]2[O-])(c1ccc(Cl)c(Cl)c1)N(C)C(=O)C(c1ccccc1)c1ccccc1)C(=O)CC(F)(F)F. The molecule has 0 aromatic heterocycles. The summed E-state index contributed by atoms with van der Waals surface area (Å²) < 4.78 is 53.8. The fourth-order valence-corrected chi connectivity index (χ4v) is 10.2. The molecule has 1 saturated heterocycles. The topological polar surface area (TPSA) is 66.9 Å². The first kappa shape index (κ1) is 39.2. The van der Waals surface area contributed by atoms with Crippen LogP contribution in [0.25, 0.3) is 0 Å². The van der Waals surface area contributed by atoms with Crippen LogP contribution in [0.2, 0.25) is 10.0 Å². The zero-order valence-corrected chi connectivity index (χ0v) is 31.9. The molecule has 2 aliphatic rings. The number of halogens is 5. The van der Waals surface area contributed by atoms with Crippen molar-refractivity contribution in [2.75, 3.05) is 40.3 Å². The Balaban J connectivity index is 1.39. The molecule has 0 bridgehead atoms. The number of likely N-dealkylation sites (tertiary alicyclic amines) is 1. The zero-order valence-electron chi connectivity index (χ0n) is 29.6. The van der Waals surface area contributed by atoms with E-state index in [9.17, 15) is 22.5 Å². The number of amides is 2. The fraction of sp³-hybridized carbons (Fsp3) is 0.366. The van der Waals surface area contributed by atoms with E-state index < -0.39 is 45.9 Å². The highest BCUT2D eigenvalue weighted by Crippen LogP contribution is 2.49. The molecular formula is C41H42Cl2F3N3O3S. The number of hydrogen-bond acceptors (Lipinski definition) is 4. The number of nitrogens with zero attached hydrogens (tertiary/aromatic N) is 3. The summed E-state index contributed by atoms with van der Waals surface area (Å²) in [6, 6.07) is 31.7. The van der Waals surface area contributed by atoms with Gasteiger partial charge in [0.05, 0.1) is 21.5 Å². The summed E-state index contributed by atoms with van der Waals surface area (Å²) in [5, 5.41) is 0.487. The van der Waals surface area contributed by atoms with E-state index in [0.29, 0.717) is 43.8 Å². The number of alkyl halides is 3. The van der Waals surface area contributed by atoms with Crippen LogP contribution in [0.5, 0.6) is 0 Å². The van der Waals surface area contributed by atoms with Crippen molar-refractivity contribution in [1.29, 1.82) is 0 Å². The van der Waals surface area contributed by atoms with Crippen molar-refractivity contribution in [1.82, 2.24) is 14.7 Å². The van der Waals surface area contributed by atoms with Gasteiger partial charge >= 0.3 is 6.18 Å². The Kier molecular flexibility index (Phi) is 11.9. The molecule has 2 amide bonds. The summed E-state index contributed by atoms with van der Waals surface area (Å²) in [7, 11) is 2.98. The minimum atomic E-state index is -4.71. The van der Waals surface area contributed by atoms with Crippen molar-refractivity contribution >= 4 is 46.2 Å². The van der Waals surface area contributed by atoms with Crippen LogP contribution < -0.4 is 0 Å². The van der Waals surface area contributed by atoms with Crippen molar-refractivity contribution in [3.8, 4) is 0 Å². The van der Waals surface area contributed by atoms with Crippen LogP contribution in [-0.4, -0.2) is 77.5 Å². The van der Waals surface area contributed by atoms with E-state index in [4.69, 9.17) is 23.2 Å². The maximum Gasteiger partial charge on any atom is 0.397 e. The van der Waals surface area contributed by atoms with Crippen LogP contribution in [-0.2, 0) is 36.8 Å². The smallest absolute Gasteiger partial charge is 0.397 e. The Labute approximate surface area is 322 Å². The van der Waals surface area contributed by atoms with Crippen LogP contribution in [0.1, 0.15) is 59.4 Å². The molecule has 4 aromatic carbocycles. The second kappa shape index (κ2) is 16.1. The lowest BCUT2D eigenvalue weighted by Gasteiger charge is -2.47. The molecule has 53 heavy (non-hydrogen) atoms. The van der Waals surface area contributed by atoms with Gasteiger partial charge in [-0.25, -0.2) is 0 Å². The highest BCUT2D eigenvalue weighted by atomic mass is 35.5. The van der Waals surface area contributed by atoms with Gasteiger partial charge in [0.15, 0.2) is 4.75 Å². The van der Waals surface area contributed by atoms with Crippen molar-refractivity contribution in [2.24, 2.45) is 0 Å². The van der Waals surface area contributed by atoms with Crippen LogP contribution in [0, 0.1) is 0 Å². The summed E-state index contributed by atoms with van der Waals surface area (Å²) >= 11 is 11.9. The summed E-state index contributed by atoms with van der Waals surface area (Å²) in [6.45, 7) is 1.46. The largest absolute Gasteiger partial charge is 0.615 e. The Morgan fingerprint density at radius 1 is 0.868 bits per heavy atom. The van der Waals surface area contributed by atoms with E-state index in [2.05, 4.69) is 11.0 Å². The minimum absolute atomic E-state index is 0.212. The molecule has 6 nitrogen and oxygen atoms in total. The number of rotatable bonds is 11. The van der Waals surface area contributed by atoms with Gasteiger partial charge < -0.3 is 19.3 Å². The zero-order chi connectivity index (χ0) is 38.0. The predicted molar refractivity (Wildman–Crippen MR) is 204 cm³/mol. The third-order valence-corrected chi connectivity index (χ3v) is 13.8. The second-order valence-corrected chi connectivity index (χ2v) is 16.7. The van der Waals surface area contributed by atoms with E-state index in [1.165, 1.54) is 7.05 Å². The predicted octanol–water partition coefficient (Wildman–Crippen LogP) is 8.53. The van der Waals surface area contributed by atoms with Gasteiger partial charge in [-0.1, -0.05) is 114 Å². The third-order valence-electron chi connectivity index (χ3n) is 11.0. The number of fused-ring (bicyclic) bond motifs is 2. The minimum Gasteiger partial charge on any atom is -0.615 e. The quantitative estimate of drug-likeness (QED) is 0.143. The molecular weight excluding hydrogens is 742 g/mol. The Morgan fingerprint density at radius 2 is 1.45 bits per heavy atom. The fourth-order valence-electron chi connectivity index (χ4n) is 8.00. The van der Waals surface area contributed by atoms with E-state index in [-0.39, 0.29) is 28.9 Å². The molecule has 0 radical (unpaired) electrons. The molecule has 6 rings (SSSR count). The molecule has 2 atom stereocenters. The van der Waals surface area contributed by atoms with Crippen molar-refractivity contribution in [3.63, 3.8) is 0 Å². The van der Waals surface area contributed by atoms with Crippen LogP contribution in [0.3, 0.4) is 0 Å². The molecule has 0 saturated carbocycles. The highest BCUT2D eigenvalue weighted by Gasteiger charge is 2.52. The Morgan fingerprint density at radius 3 is 2.04 bits per heavy atom. The normalized spacial score (nSPS) is 18.1. The second-order valence-electron chi connectivity index (χ2n) is 14.1. The standard InChI is InChI=1S/C41H42Cl2F3N3O3S/c1-47(36(50)26-41(44,45)46)28-39(32-17-18-34(42)35(43)25-32,48(2)38(51)37(29-11-5-3-6-12-29)30-13-7-4-8-14-30)19-22-49-23-20-40(21-24-49)33-16-10-9-15-31(33)27-53(40)52/h3-18,25,37H,19-24,26-28H2,1-2H3/t39-,53?/m1/s1. The van der Waals surface area contributed by atoms with E-state index in [0.717, 1.165) is 27.2 Å². The molecule has 1 fully saturated rings. The maximum absolute atomic E-state index is 15.1. The van der Waals surface area contributed by atoms with Crippen LogP contribution >= 0.6 is 23.2 Å². The first-order chi connectivity index (χ1) is 25.2. The molecule has 2 heterocycles. The molecule has 4 aromatic rings. The third kappa shape index (κ3) is 8.27. The average molecular weight is 785 g/mol. The molecule has 1 unspecified atom stereocenters. The van der Waals surface area contributed by atoms with Gasteiger partial charge in [0.25, 0.3) is 0 Å². The monoisotopic (exact) mass is 783 g/mol. The average Bonchev–Trinajstić information content (AvgIpc) is 3.41. The Hall–Kier alpha value is -3.54. The first-order valence-corrected chi connectivity index (χ1v) is 19.6. The number of hydrogen-bond donors (Lipinski definition) is 0.